The Kier molecular flexibility index (Phi) is 6.51. The van der Waals surface area contributed by atoms with E-state index in [0.717, 1.165) is 11.1 Å². The molecule has 2 heterocycles. The molecule has 1 saturated heterocycles. The van der Waals surface area contributed by atoms with Crippen molar-refractivity contribution in [2.24, 2.45) is 0 Å². The first-order chi connectivity index (χ1) is 17.9. The smallest absolute Gasteiger partial charge is 0.319 e. The number of urea groups is 1. The number of fused-ring (bicyclic) bond motifs is 1. The molecule has 3 aromatic rings. The third kappa shape index (κ3) is 5.11. The third-order valence-corrected chi connectivity index (χ3v) is 6.46. The molecule has 0 radical (unpaired) electrons. The molecule has 0 aliphatic carbocycles. The number of imide groups is 1. The molecule has 37 heavy (non-hydrogen) atoms. The number of piperidine rings is 1. The normalized spacial score (nSPS) is 16.7. The predicted molar refractivity (Wildman–Crippen MR) is 135 cm³/mol. The number of rotatable bonds is 6. The molecule has 9 nitrogen and oxygen atoms in total. The van der Waals surface area contributed by atoms with Crippen LogP contribution < -0.4 is 16.0 Å². The number of nitrogens with one attached hydrogen (secondary N) is 3. The highest BCUT2D eigenvalue weighted by atomic mass is 16.2. The summed E-state index contributed by atoms with van der Waals surface area (Å²) in [6.45, 7) is 0.472. The van der Waals surface area contributed by atoms with E-state index in [2.05, 4.69) is 16.0 Å². The molecule has 5 amide bonds. The largest absolute Gasteiger partial charge is 0.334 e. The number of ketones is 1. The first kappa shape index (κ1) is 23.9. The lowest BCUT2D eigenvalue weighted by atomic mass is 10.0. The summed E-state index contributed by atoms with van der Waals surface area (Å²) in [6, 6.07) is 19.8. The molecular weight excluding hydrogens is 472 g/mol. The zero-order chi connectivity index (χ0) is 25.9. The third-order valence-electron chi connectivity index (χ3n) is 6.46. The zero-order valence-corrected chi connectivity index (χ0v) is 19.8. The van der Waals surface area contributed by atoms with Crippen LogP contribution >= 0.6 is 0 Å². The van der Waals surface area contributed by atoms with E-state index in [1.54, 1.807) is 54.6 Å². The van der Waals surface area contributed by atoms with E-state index in [4.69, 9.17) is 0 Å². The summed E-state index contributed by atoms with van der Waals surface area (Å²) in [7, 11) is 0. The van der Waals surface area contributed by atoms with E-state index < -0.39 is 18.0 Å². The van der Waals surface area contributed by atoms with Crippen LogP contribution in [0.1, 0.15) is 50.2 Å². The molecule has 0 aromatic heterocycles. The molecule has 9 heteroatoms. The number of carbonyl (C=O) groups is 5. The van der Waals surface area contributed by atoms with Crippen molar-refractivity contribution in [1.82, 2.24) is 15.5 Å². The van der Waals surface area contributed by atoms with E-state index in [1.165, 1.54) is 4.90 Å². The SMILES string of the molecule is O=C1CCC(N2Cc3ccc(CNC(=O)Nc4cccc(C(=O)c5ccccc5)c4)cc3C2=O)C(=O)N1. The van der Waals surface area contributed by atoms with Gasteiger partial charge in [0.1, 0.15) is 6.04 Å². The number of amides is 5. The summed E-state index contributed by atoms with van der Waals surface area (Å²) in [5.41, 5.74) is 3.50. The number of hydrogen-bond donors (Lipinski definition) is 3. The molecule has 5 rings (SSSR count). The Morgan fingerprint density at radius 3 is 2.49 bits per heavy atom. The maximum atomic E-state index is 13.0. The van der Waals surface area contributed by atoms with Crippen molar-refractivity contribution in [2.75, 3.05) is 5.32 Å². The number of benzene rings is 3. The van der Waals surface area contributed by atoms with Crippen molar-refractivity contribution in [2.45, 2.75) is 32.0 Å². The number of hydrogen-bond acceptors (Lipinski definition) is 5. The maximum absolute atomic E-state index is 13.0. The van der Waals surface area contributed by atoms with Crippen LogP contribution in [0.15, 0.2) is 72.8 Å². The van der Waals surface area contributed by atoms with Gasteiger partial charge in [0, 0.05) is 41.9 Å². The van der Waals surface area contributed by atoms with Gasteiger partial charge in [-0.2, -0.15) is 0 Å². The van der Waals surface area contributed by atoms with Gasteiger partial charge < -0.3 is 15.5 Å². The predicted octanol–water partition coefficient (Wildman–Crippen LogP) is 3.00. The number of anilines is 1. The fraction of sp³-hybridized carbons (Fsp3) is 0.179. The Hall–Kier alpha value is -4.79. The fourth-order valence-corrected chi connectivity index (χ4v) is 4.56. The highest BCUT2D eigenvalue weighted by molar-refractivity contribution is 6.09. The highest BCUT2D eigenvalue weighted by Gasteiger charge is 2.39. The average molecular weight is 497 g/mol. The summed E-state index contributed by atoms with van der Waals surface area (Å²) < 4.78 is 0. The highest BCUT2D eigenvalue weighted by Crippen LogP contribution is 2.28. The van der Waals surface area contributed by atoms with Crippen LogP contribution in [-0.4, -0.2) is 40.5 Å². The Balaban J connectivity index is 1.19. The Morgan fingerprint density at radius 1 is 0.919 bits per heavy atom. The van der Waals surface area contributed by atoms with Crippen LogP contribution in [-0.2, 0) is 22.7 Å². The van der Waals surface area contributed by atoms with Gasteiger partial charge in [-0.25, -0.2) is 4.79 Å². The first-order valence-corrected chi connectivity index (χ1v) is 11.9. The van der Waals surface area contributed by atoms with Crippen molar-refractivity contribution in [3.05, 3.63) is 101 Å². The van der Waals surface area contributed by atoms with E-state index in [9.17, 15) is 24.0 Å². The van der Waals surface area contributed by atoms with E-state index in [1.807, 2.05) is 18.2 Å². The first-order valence-electron chi connectivity index (χ1n) is 11.9. The van der Waals surface area contributed by atoms with Crippen molar-refractivity contribution in [1.29, 1.82) is 0 Å². The van der Waals surface area contributed by atoms with Crippen molar-refractivity contribution in [3.63, 3.8) is 0 Å². The summed E-state index contributed by atoms with van der Waals surface area (Å²) in [5, 5.41) is 7.78. The molecular formula is C28H24N4O5. The summed E-state index contributed by atoms with van der Waals surface area (Å²) in [4.78, 5) is 63.3. The molecule has 1 fully saturated rings. The second kappa shape index (κ2) is 10.1. The van der Waals surface area contributed by atoms with Crippen molar-refractivity contribution >= 4 is 35.2 Å². The summed E-state index contributed by atoms with van der Waals surface area (Å²) in [5.74, 6) is -1.19. The summed E-state index contributed by atoms with van der Waals surface area (Å²) in [6.07, 6.45) is 0.501. The lowest BCUT2D eigenvalue weighted by Gasteiger charge is -2.29. The summed E-state index contributed by atoms with van der Waals surface area (Å²) >= 11 is 0. The molecule has 0 saturated carbocycles. The van der Waals surface area contributed by atoms with Gasteiger partial charge in [0.25, 0.3) is 5.91 Å². The molecule has 0 spiro atoms. The second-order valence-corrected chi connectivity index (χ2v) is 8.98. The van der Waals surface area contributed by atoms with Crippen LogP contribution in [0.25, 0.3) is 0 Å². The zero-order valence-electron chi connectivity index (χ0n) is 19.8. The fourth-order valence-electron chi connectivity index (χ4n) is 4.56. The van der Waals surface area contributed by atoms with Gasteiger partial charge in [-0.1, -0.05) is 54.6 Å². The standard InChI is InChI=1S/C28H24N4O5/c33-24-12-11-23(26(35)31-24)32-16-20-10-9-17(13-22(20)27(32)36)15-29-28(37)30-21-8-4-7-19(14-21)25(34)18-5-2-1-3-6-18/h1-10,13-14,23H,11-12,15-16H2,(H2,29,30,37)(H,31,33,35). The second-order valence-electron chi connectivity index (χ2n) is 8.98. The maximum Gasteiger partial charge on any atom is 0.319 e. The minimum absolute atomic E-state index is 0.140. The van der Waals surface area contributed by atoms with Crippen LogP contribution in [0, 0.1) is 0 Å². The van der Waals surface area contributed by atoms with Gasteiger partial charge >= 0.3 is 6.03 Å². The van der Waals surface area contributed by atoms with Crippen LogP contribution in [0.3, 0.4) is 0 Å². The van der Waals surface area contributed by atoms with Gasteiger partial charge in [0.15, 0.2) is 5.78 Å². The monoisotopic (exact) mass is 496 g/mol. The molecule has 2 aliphatic rings. The average Bonchev–Trinajstić information content (AvgIpc) is 3.23. The van der Waals surface area contributed by atoms with Gasteiger partial charge in [0.05, 0.1) is 0 Å². The lowest BCUT2D eigenvalue weighted by molar-refractivity contribution is -0.136. The number of carbonyl (C=O) groups excluding carboxylic acids is 5. The Labute approximate surface area is 212 Å². The van der Waals surface area contributed by atoms with Gasteiger partial charge in [0.2, 0.25) is 11.8 Å². The van der Waals surface area contributed by atoms with Crippen molar-refractivity contribution in [3.8, 4) is 0 Å². The number of nitrogens with zero attached hydrogens (tertiary/aromatic N) is 1. The molecule has 3 aromatic carbocycles. The van der Waals surface area contributed by atoms with Gasteiger partial charge in [-0.15, -0.1) is 0 Å². The topological polar surface area (TPSA) is 125 Å². The van der Waals surface area contributed by atoms with Gasteiger partial charge in [-0.3, -0.25) is 24.5 Å². The quantitative estimate of drug-likeness (QED) is 0.358. The Morgan fingerprint density at radius 2 is 1.70 bits per heavy atom. The molecule has 0 bridgehead atoms. The molecule has 1 unspecified atom stereocenters. The lowest BCUT2D eigenvalue weighted by Crippen LogP contribution is -2.52. The van der Waals surface area contributed by atoms with Crippen molar-refractivity contribution < 1.29 is 24.0 Å². The molecule has 2 aliphatic heterocycles. The minimum atomic E-state index is -0.672. The van der Waals surface area contributed by atoms with Crippen LogP contribution in [0.5, 0.6) is 0 Å². The van der Waals surface area contributed by atoms with Crippen LogP contribution in [0.4, 0.5) is 10.5 Å². The minimum Gasteiger partial charge on any atom is -0.334 e. The van der Waals surface area contributed by atoms with E-state index >= 15 is 0 Å². The Bertz CT molecular complexity index is 1420. The van der Waals surface area contributed by atoms with E-state index in [-0.39, 0.29) is 30.6 Å². The van der Waals surface area contributed by atoms with Crippen LogP contribution in [0.2, 0.25) is 0 Å². The van der Waals surface area contributed by atoms with E-state index in [0.29, 0.717) is 35.3 Å². The molecule has 1 atom stereocenters. The molecule has 186 valence electrons. The van der Waals surface area contributed by atoms with Gasteiger partial charge in [-0.05, 0) is 35.7 Å². The molecule has 3 N–H and O–H groups in total.